The van der Waals surface area contributed by atoms with Gasteiger partial charge in [-0.05, 0) is 0 Å². The summed E-state index contributed by atoms with van der Waals surface area (Å²) >= 11 is 0. The molecule has 0 aliphatic carbocycles. The Kier molecular flexibility index (Phi) is 2.79. The maximum atomic E-state index is 8.94. The van der Waals surface area contributed by atoms with E-state index in [1.54, 1.807) is 0 Å². The molecule has 0 fully saturated rings. The zero-order valence-electron chi connectivity index (χ0n) is 2.06. The summed E-state index contributed by atoms with van der Waals surface area (Å²) in [6.45, 7) is -0.625. The summed E-state index contributed by atoms with van der Waals surface area (Å²) in [7, 11) is 0. The second-order valence-electron chi connectivity index (χ2n) is 0.302. The third-order valence-electron chi connectivity index (χ3n) is 0.0645. The van der Waals surface area contributed by atoms with Crippen molar-refractivity contribution in [1.29, 1.82) is 0 Å². The van der Waals surface area contributed by atoms with Gasteiger partial charge in [0, 0.05) is 0 Å². The predicted molar refractivity (Wildman–Crippen MR) is 10.5 cm³/mol. The van der Waals surface area contributed by atoms with Gasteiger partial charge >= 0.3 is 0 Å². The summed E-state index contributed by atoms with van der Waals surface area (Å²) < 4.78 is 0. The molecule has 1 radical (unpaired) electrons. The number of hydroxylamine groups is 1. The summed E-state index contributed by atoms with van der Waals surface area (Å²) in [5.41, 5.74) is 1.38. The van der Waals surface area contributed by atoms with E-state index in [0.717, 1.165) is 0 Å². The summed E-state index contributed by atoms with van der Waals surface area (Å²) in [6.07, 6.45) is 0. The monoisotopic (exact) mass is 62.0 g/mol. The second kappa shape index (κ2) is 2.88. The van der Waals surface area contributed by atoms with Crippen molar-refractivity contribution in [3.8, 4) is 0 Å². The number of hydrogen-bond acceptors (Lipinski definition) is 2. The van der Waals surface area contributed by atoms with Crippen LogP contribution in [0.5, 0.6) is 0 Å². The first kappa shape index (κ1) is 3.88. The van der Waals surface area contributed by atoms with E-state index in [4.69, 9.17) is 10.3 Å². The van der Waals surface area contributed by atoms with Crippen molar-refractivity contribution < 1.29 is 10.3 Å². The molecule has 0 bridgehead atoms. The summed E-state index contributed by atoms with van der Waals surface area (Å²) in [5.74, 6) is 0. The first-order chi connectivity index (χ1) is 1.91. The van der Waals surface area contributed by atoms with E-state index in [1.807, 2.05) is 0 Å². The highest BCUT2D eigenvalue weighted by Gasteiger charge is 1.56. The third-order valence-corrected chi connectivity index (χ3v) is 0.0645. The number of hydrogen-bond donors (Lipinski definition) is 2. The van der Waals surface area contributed by atoms with Gasteiger partial charge in [0.2, 0.25) is 0 Å². The largest absolute Gasteiger partial charge is 0.314 e. The highest BCUT2D eigenvalue weighted by Crippen LogP contribution is 1.27. The third kappa shape index (κ3) is 1.88. The molecule has 25 valence electrons. The van der Waals surface area contributed by atoms with Crippen LogP contribution >= 0.6 is 0 Å². The van der Waals surface area contributed by atoms with Crippen LogP contribution in [0.3, 0.4) is 0 Å². The molecule has 0 aromatic rings. The van der Waals surface area contributed by atoms with Gasteiger partial charge in [0.05, 0.1) is 0 Å². The van der Waals surface area contributed by atoms with Crippen molar-refractivity contribution in [2.24, 2.45) is 0 Å². The van der Waals surface area contributed by atoms with E-state index in [0.29, 0.717) is 0 Å². The topological polar surface area (TPSA) is 52.2 Å². The van der Waals surface area contributed by atoms with Gasteiger partial charge in [-0.2, -0.15) is 5.48 Å². The van der Waals surface area contributed by atoms with Gasteiger partial charge in [-0.3, -0.25) is 0 Å². The van der Waals surface area contributed by atoms with E-state index in [2.05, 4.69) is 0 Å². The molecule has 0 heterocycles. The van der Waals surface area contributed by atoms with Crippen molar-refractivity contribution in [3.63, 3.8) is 0 Å². The first-order valence-corrected chi connectivity index (χ1v) is 0.866. The van der Waals surface area contributed by atoms with Crippen LogP contribution in [-0.4, -0.2) is 11.9 Å². The second-order valence-corrected chi connectivity index (χ2v) is 0.302. The maximum Gasteiger partial charge on any atom is 0.154 e. The molecular formula is CH4NO2. The summed E-state index contributed by atoms with van der Waals surface area (Å²) in [5, 5.41) is 16.2. The van der Waals surface area contributed by atoms with E-state index in [-0.39, 0.29) is 0 Å². The highest BCUT2D eigenvalue weighted by atomic mass is 16.5. The summed E-state index contributed by atoms with van der Waals surface area (Å²) in [6, 6.07) is 0. The lowest BCUT2D eigenvalue weighted by molar-refractivity contribution is 0.0402. The molecule has 0 aromatic heterocycles. The quantitative estimate of drug-likeness (QED) is 0.313. The molecule has 0 unspecified atom stereocenters. The molecule has 3 heteroatoms. The Balaban J connectivity index is 1.97. The number of nitrogens with one attached hydrogen (secondary N) is 1. The lowest BCUT2D eigenvalue weighted by Gasteiger charge is -1.72. The Bertz CT molecular complexity index is 8.00. The minimum atomic E-state index is -0.625. The van der Waals surface area contributed by atoms with Crippen molar-refractivity contribution in [3.05, 3.63) is 0 Å². The van der Waals surface area contributed by atoms with E-state index in [1.165, 1.54) is 5.48 Å². The molecule has 4 heavy (non-hydrogen) atoms. The molecule has 0 amide bonds. The fourth-order valence-corrected chi connectivity index (χ4v) is 0. The van der Waals surface area contributed by atoms with Crippen LogP contribution in [0.15, 0.2) is 0 Å². The van der Waals surface area contributed by atoms with Gasteiger partial charge in [0.1, 0.15) is 0 Å². The van der Waals surface area contributed by atoms with Gasteiger partial charge in [-0.15, -0.1) is 0 Å². The van der Waals surface area contributed by atoms with Gasteiger partial charge in [-0.1, -0.05) is 0 Å². The fraction of sp³-hybridized carbons (Fsp3) is 1.00. The normalized spacial score (nSPS) is 7.50. The Morgan fingerprint density at radius 3 is 2.25 bits per heavy atom. The van der Waals surface area contributed by atoms with Gasteiger partial charge in [0.25, 0.3) is 0 Å². The van der Waals surface area contributed by atoms with Crippen LogP contribution in [-0.2, 0) is 5.11 Å². The molecule has 0 saturated carbocycles. The maximum absolute atomic E-state index is 8.94. The highest BCUT2D eigenvalue weighted by molar-refractivity contribution is 3.83. The van der Waals surface area contributed by atoms with Crippen molar-refractivity contribution in [2.75, 3.05) is 6.73 Å². The zero-order valence-corrected chi connectivity index (χ0v) is 2.06. The molecule has 0 rings (SSSR count). The molecule has 0 aromatic carbocycles. The molecule has 3 nitrogen and oxygen atoms in total. The fourth-order valence-electron chi connectivity index (χ4n) is 0. The van der Waals surface area contributed by atoms with E-state index in [9.17, 15) is 0 Å². The smallest absolute Gasteiger partial charge is 0.154 e. The molecule has 0 aliphatic rings. The van der Waals surface area contributed by atoms with Gasteiger partial charge in [-0.25, -0.2) is 5.11 Å². The minimum absolute atomic E-state index is 0.625. The first-order valence-electron chi connectivity index (χ1n) is 0.866. The van der Waals surface area contributed by atoms with Crippen LogP contribution in [0.1, 0.15) is 0 Å². The molecule has 0 saturated heterocycles. The Hall–Kier alpha value is -0.120. The van der Waals surface area contributed by atoms with Crippen LogP contribution in [0.25, 0.3) is 0 Å². The Morgan fingerprint density at radius 2 is 2.25 bits per heavy atom. The minimum Gasteiger partial charge on any atom is -0.314 e. The standard InChI is InChI=1S/CH4NO2/c3-1-2-4/h2,4H,1H2. The van der Waals surface area contributed by atoms with Gasteiger partial charge < -0.3 is 5.21 Å². The lowest BCUT2D eigenvalue weighted by atomic mass is 11.4. The molecule has 0 aliphatic heterocycles. The molecule has 2 N–H and O–H groups in total. The average Bonchev–Trinajstić information content (AvgIpc) is 1.37. The van der Waals surface area contributed by atoms with Crippen molar-refractivity contribution in [1.82, 2.24) is 5.48 Å². The Morgan fingerprint density at radius 1 is 2.00 bits per heavy atom. The van der Waals surface area contributed by atoms with Gasteiger partial charge in [0.15, 0.2) is 6.73 Å². The van der Waals surface area contributed by atoms with Crippen molar-refractivity contribution in [2.45, 2.75) is 0 Å². The Labute approximate surface area is 23.8 Å². The van der Waals surface area contributed by atoms with E-state index < -0.39 is 6.73 Å². The zero-order chi connectivity index (χ0) is 3.41. The lowest BCUT2D eigenvalue weighted by Crippen LogP contribution is -2.04. The van der Waals surface area contributed by atoms with Crippen LogP contribution in [0, 0.1) is 0 Å². The van der Waals surface area contributed by atoms with Crippen molar-refractivity contribution >= 4 is 0 Å². The van der Waals surface area contributed by atoms with Crippen LogP contribution in [0.2, 0.25) is 0 Å². The number of rotatable bonds is 1. The van der Waals surface area contributed by atoms with Crippen LogP contribution in [0.4, 0.5) is 0 Å². The predicted octanol–water partition coefficient (Wildman–Crippen LogP) is -0.647. The molecular weight excluding hydrogens is 58.0 g/mol. The summed E-state index contributed by atoms with van der Waals surface area (Å²) in [4.78, 5) is 0. The van der Waals surface area contributed by atoms with E-state index >= 15 is 0 Å². The molecule has 0 atom stereocenters. The van der Waals surface area contributed by atoms with Crippen LogP contribution < -0.4 is 5.48 Å². The SMILES string of the molecule is [O]CNO. The molecule has 0 spiro atoms. The average molecular weight is 62.0 g/mol.